The van der Waals surface area contributed by atoms with E-state index >= 15 is 0 Å². The number of carboxylic acid groups (broad SMARTS) is 1. The maximum absolute atomic E-state index is 10.9. The molecule has 0 amide bonds. The van der Waals surface area contributed by atoms with Crippen LogP contribution in [0.25, 0.3) is 0 Å². The van der Waals surface area contributed by atoms with Crippen LogP contribution >= 0.6 is 0 Å². The van der Waals surface area contributed by atoms with Crippen LogP contribution in [0.2, 0.25) is 0 Å². The molecule has 21 heavy (non-hydrogen) atoms. The zero-order chi connectivity index (χ0) is 14.7. The Balaban J connectivity index is 1.87. The number of hydrogen-bond acceptors (Lipinski definition) is 2. The van der Waals surface area contributed by atoms with Crippen molar-refractivity contribution in [3.05, 3.63) is 65.7 Å². The third kappa shape index (κ3) is 2.77. The molecule has 1 aliphatic rings. The first-order valence-electron chi connectivity index (χ1n) is 7.37. The fourth-order valence-electron chi connectivity index (χ4n) is 3.19. The molecular weight excluding hydrogens is 262 g/mol. The molecule has 0 atom stereocenters. The van der Waals surface area contributed by atoms with Gasteiger partial charge >= 0.3 is 5.97 Å². The van der Waals surface area contributed by atoms with Gasteiger partial charge in [-0.05, 0) is 42.7 Å². The minimum absolute atomic E-state index is 0.0218. The van der Waals surface area contributed by atoms with Crippen molar-refractivity contribution in [2.45, 2.75) is 31.2 Å². The lowest BCUT2D eigenvalue weighted by Crippen LogP contribution is -2.32. The third-order valence-corrected chi connectivity index (χ3v) is 4.30. The molecule has 1 aliphatic carbocycles. The number of carboxylic acids is 1. The molecule has 0 heterocycles. The van der Waals surface area contributed by atoms with Gasteiger partial charge in [-0.15, -0.1) is 0 Å². The van der Waals surface area contributed by atoms with Crippen LogP contribution < -0.4 is 5.32 Å². The summed E-state index contributed by atoms with van der Waals surface area (Å²) in [4.78, 5) is 10.9. The van der Waals surface area contributed by atoms with Crippen molar-refractivity contribution >= 4 is 11.7 Å². The van der Waals surface area contributed by atoms with Gasteiger partial charge in [-0.3, -0.25) is 0 Å². The van der Waals surface area contributed by atoms with Crippen molar-refractivity contribution in [1.29, 1.82) is 0 Å². The highest BCUT2D eigenvalue weighted by Crippen LogP contribution is 2.41. The molecule has 0 unspecified atom stereocenters. The number of hydrogen-bond donors (Lipinski definition) is 2. The normalized spacial score (nSPS) is 16.6. The van der Waals surface area contributed by atoms with Gasteiger partial charge in [-0.2, -0.15) is 0 Å². The Labute approximate surface area is 124 Å². The highest BCUT2D eigenvalue weighted by atomic mass is 16.4. The fraction of sp³-hybridized carbons (Fsp3) is 0.278. The molecule has 108 valence electrons. The highest BCUT2D eigenvalue weighted by molar-refractivity contribution is 5.88. The van der Waals surface area contributed by atoms with Crippen molar-refractivity contribution < 1.29 is 9.90 Å². The Hall–Kier alpha value is -2.29. The Morgan fingerprint density at radius 1 is 0.952 bits per heavy atom. The molecule has 0 radical (unpaired) electrons. The second-order valence-corrected chi connectivity index (χ2v) is 5.66. The van der Waals surface area contributed by atoms with Crippen LogP contribution in [0.3, 0.4) is 0 Å². The summed E-state index contributed by atoms with van der Waals surface area (Å²) >= 11 is 0. The molecular formula is C18H19NO2. The molecule has 3 heteroatoms. The second-order valence-electron chi connectivity index (χ2n) is 5.66. The molecule has 0 aromatic heterocycles. The predicted molar refractivity (Wildman–Crippen MR) is 83.6 cm³/mol. The zero-order valence-electron chi connectivity index (χ0n) is 11.9. The molecule has 3 rings (SSSR count). The van der Waals surface area contributed by atoms with Crippen molar-refractivity contribution in [3.63, 3.8) is 0 Å². The Morgan fingerprint density at radius 3 is 2.14 bits per heavy atom. The number of rotatable bonds is 4. The first-order chi connectivity index (χ1) is 10.2. The molecule has 1 saturated carbocycles. The minimum Gasteiger partial charge on any atom is -0.478 e. The maximum atomic E-state index is 10.9. The summed E-state index contributed by atoms with van der Waals surface area (Å²) < 4.78 is 0. The molecule has 2 N–H and O–H groups in total. The van der Waals surface area contributed by atoms with Gasteiger partial charge in [0.15, 0.2) is 0 Å². The first kappa shape index (κ1) is 13.7. The van der Waals surface area contributed by atoms with E-state index in [-0.39, 0.29) is 5.54 Å². The number of aromatic carboxylic acids is 1. The molecule has 0 bridgehead atoms. The molecule has 1 fully saturated rings. The molecule has 3 nitrogen and oxygen atoms in total. The van der Waals surface area contributed by atoms with Crippen molar-refractivity contribution in [3.8, 4) is 0 Å². The molecule has 0 spiro atoms. The van der Waals surface area contributed by atoms with Gasteiger partial charge in [0, 0.05) is 5.69 Å². The Morgan fingerprint density at radius 2 is 1.57 bits per heavy atom. The van der Waals surface area contributed by atoms with Gasteiger partial charge in [0.05, 0.1) is 11.1 Å². The van der Waals surface area contributed by atoms with E-state index in [2.05, 4.69) is 29.6 Å². The summed E-state index contributed by atoms with van der Waals surface area (Å²) in [6.45, 7) is 0. The van der Waals surface area contributed by atoms with Crippen LogP contribution in [0, 0.1) is 0 Å². The van der Waals surface area contributed by atoms with Gasteiger partial charge in [0.25, 0.3) is 0 Å². The monoisotopic (exact) mass is 281 g/mol. The van der Waals surface area contributed by atoms with Gasteiger partial charge in [-0.1, -0.05) is 43.2 Å². The number of anilines is 1. The summed E-state index contributed by atoms with van der Waals surface area (Å²) in [6, 6.07) is 17.5. The number of carbonyl (C=O) groups is 1. The SMILES string of the molecule is O=C(O)c1ccc(NC2(c3ccccc3)CCCC2)cc1. The Kier molecular flexibility index (Phi) is 3.65. The van der Waals surface area contributed by atoms with Crippen molar-refractivity contribution in [2.24, 2.45) is 0 Å². The van der Waals surface area contributed by atoms with Crippen molar-refractivity contribution in [1.82, 2.24) is 0 Å². The van der Waals surface area contributed by atoms with Gasteiger partial charge in [0.2, 0.25) is 0 Å². The largest absolute Gasteiger partial charge is 0.478 e. The predicted octanol–water partition coefficient (Wildman–Crippen LogP) is 4.27. The summed E-state index contributed by atoms with van der Waals surface area (Å²) in [5, 5.41) is 12.6. The average Bonchev–Trinajstić information content (AvgIpc) is 2.98. The average molecular weight is 281 g/mol. The zero-order valence-corrected chi connectivity index (χ0v) is 11.9. The van der Waals surface area contributed by atoms with E-state index in [1.54, 1.807) is 12.1 Å². The minimum atomic E-state index is -0.889. The van der Waals surface area contributed by atoms with E-state index in [0.29, 0.717) is 5.56 Å². The molecule has 2 aromatic carbocycles. The smallest absolute Gasteiger partial charge is 0.335 e. The van der Waals surface area contributed by atoms with Crippen LogP contribution in [0.15, 0.2) is 54.6 Å². The van der Waals surface area contributed by atoms with Gasteiger partial charge in [-0.25, -0.2) is 4.79 Å². The summed E-state index contributed by atoms with van der Waals surface area (Å²) in [7, 11) is 0. The number of nitrogens with one attached hydrogen (secondary N) is 1. The van der Waals surface area contributed by atoms with Crippen LogP contribution in [-0.2, 0) is 5.54 Å². The quantitative estimate of drug-likeness (QED) is 0.880. The van der Waals surface area contributed by atoms with E-state index in [1.807, 2.05) is 18.2 Å². The third-order valence-electron chi connectivity index (χ3n) is 4.30. The first-order valence-corrected chi connectivity index (χ1v) is 7.37. The topological polar surface area (TPSA) is 49.3 Å². The lowest BCUT2D eigenvalue weighted by Gasteiger charge is -2.32. The van der Waals surface area contributed by atoms with Gasteiger partial charge < -0.3 is 10.4 Å². The van der Waals surface area contributed by atoms with E-state index in [1.165, 1.54) is 18.4 Å². The molecule has 0 saturated heterocycles. The highest BCUT2D eigenvalue weighted by Gasteiger charge is 2.35. The lowest BCUT2D eigenvalue weighted by molar-refractivity contribution is 0.0697. The summed E-state index contributed by atoms with van der Waals surface area (Å²) in [5.41, 5.74) is 2.59. The summed E-state index contributed by atoms with van der Waals surface area (Å²) in [6.07, 6.45) is 4.65. The lowest BCUT2D eigenvalue weighted by atomic mass is 9.88. The second kappa shape index (κ2) is 5.60. The van der Waals surface area contributed by atoms with Crippen molar-refractivity contribution in [2.75, 3.05) is 5.32 Å². The van der Waals surface area contributed by atoms with Crippen LogP contribution in [-0.4, -0.2) is 11.1 Å². The fourth-order valence-corrected chi connectivity index (χ4v) is 3.19. The number of benzene rings is 2. The Bertz CT molecular complexity index is 613. The van der Waals surface area contributed by atoms with Crippen LogP contribution in [0.5, 0.6) is 0 Å². The van der Waals surface area contributed by atoms with Gasteiger partial charge in [0.1, 0.15) is 0 Å². The maximum Gasteiger partial charge on any atom is 0.335 e. The van der Waals surface area contributed by atoms with E-state index < -0.39 is 5.97 Å². The van der Waals surface area contributed by atoms with E-state index in [0.717, 1.165) is 18.5 Å². The molecule has 0 aliphatic heterocycles. The van der Waals surface area contributed by atoms with Crippen LogP contribution in [0.4, 0.5) is 5.69 Å². The summed E-state index contributed by atoms with van der Waals surface area (Å²) in [5.74, 6) is -0.889. The van der Waals surface area contributed by atoms with E-state index in [9.17, 15) is 4.79 Å². The standard InChI is InChI=1S/C18H19NO2/c20-17(21)14-8-10-16(11-9-14)19-18(12-4-5-13-18)15-6-2-1-3-7-15/h1-3,6-11,19H,4-5,12-13H2,(H,20,21). The van der Waals surface area contributed by atoms with Crippen LogP contribution in [0.1, 0.15) is 41.6 Å². The van der Waals surface area contributed by atoms with E-state index in [4.69, 9.17) is 5.11 Å². The molecule has 2 aromatic rings.